The molecule has 1 aliphatic heterocycles. The van der Waals surface area contributed by atoms with Crippen LogP contribution in [0.5, 0.6) is 0 Å². The molecule has 2 rings (SSSR count). The summed E-state index contributed by atoms with van der Waals surface area (Å²) in [6, 6.07) is 8.59. The van der Waals surface area contributed by atoms with Crippen molar-refractivity contribution in [2.45, 2.75) is 38.2 Å². The molecule has 1 heterocycles. The van der Waals surface area contributed by atoms with Crippen LogP contribution in [0.3, 0.4) is 0 Å². The van der Waals surface area contributed by atoms with Gasteiger partial charge in [-0.2, -0.15) is 0 Å². The Labute approximate surface area is 103 Å². The maximum Gasteiger partial charge on any atom is 0.0590 e. The van der Waals surface area contributed by atoms with Crippen molar-refractivity contribution < 1.29 is 4.74 Å². The zero-order valence-electron chi connectivity index (χ0n) is 9.95. The van der Waals surface area contributed by atoms with Crippen molar-refractivity contribution in [1.29, 1.82) is 0 Å². The molecule has 0 bridgehead atoms. The molecule has 2 heteroatoms. The molecular formula is C14H19ClO. The van der Waals surface area contributed by atoms with E-state index in [0.29, 0.717) is 12.0 Å². The summed E-state index contributed by atoms with van der Waals surface area (Å²) in [6.45, 7) is 5.11. The minimum Gasteiger partial charge on any atom is -0.378 e. The highest BCUT2D eigenvalue weighted by Crippen LogP contribution is 2.29. The highest BCUT2D eigenvalue weighted by molar-refractivity contribution is 6.21. The van der Waals surface area contributed by atoms with Gasteiger partial charge in [-0.3, -0.25) is 0 Å². The molecule has 0 spiro atoms. The average molecular weight is 239 g/mol. The fraction of sp³-hybridized carbons (Fsp3) is 0.571. The van der Waals surface area contributed by atoms with Gasteiger partial charge in [0.2, 0.25) is 0 Å². The van der Waals surface area contributed by atoms with Gasteiger partial charge in [0, 0.05) is 17.9 Å². The second-order valence-corrected chi connectivity index (χ2v) is 5.30. The van der Waals surface area contributed by atoms with E-state index in [9.17, 15) is 0 Å². The Hall–Kier alpha value is -0.530. The Morgan fingerprint density at radius 2 is 2.31 bits per heavy atom. The monoisotopic (exact) mass is 238 g/mol. The van der Waals surface area contributed by atoms with Crippen molar-refractivity contribution in [2.24, 2.45) is 5.92 Å². The number of aryl methyl sites for hydroxylation is 1. The summed E-state index contributed by atoms with van der Waals surface area (Å²) < 4.78 is 5.56. The number of rotatable bonds is 3. The molecule has 88 valence electrons. The molecule has 0 N–H and O–H groups in total. The van der Waals surface area contributed by atoms with E-state index in [0.717, 1.165) is 19.4 Å². The van der Waals surface area contributed by atoms with Gasteiger partial charge in [-0.05, 0) is 32.3 Å². The predicted molar refractivity (Wildman–Crippen MR) is 68.0 cm³/mol. The molecule has 0 saturated carbocycles. The third kappa shape index (κ3) is 2.78. The van der Waals surface area contributed by atoms with Crippen LogP contribution in [0, 0.1) is 12.8 Å². The predicted octanol–water partition coefficient (Wildman–Crippen LogP) is 3.57. The highest BCUT2D eigenvalue weighted by Gasteiger charge is 2.30. The number of alkyl halides is 1. The molecule has 0 amide bonds. The van der Waals surface area contributed by atoms with Crippen LogP contribution in [0.1, 0.15) is 24.5 Å². The normalized spacial score (nSPS) is 26.9. The molecule has 1 nitrogen and oxygen atoms in total. The van der Waals surface area contributed by atoms with E-state index in [1.807, 2.05) is 0 Å². The van der Waals surface area contributed by atoms with Gasteiger partial charge in [0.25, 0.3) is 0 Å². The quantitative estimate of drug-likeness (QED) is 0.732. The molecule has 1 fully saturated rings. The minimum absolute atomic E-state index is 0.194. The summed E-state index contributed by atoms with van der Waals surface area (Å²) in [5.74, 6) is 0.502. The first-order chi connectivity index (χ1) is 7.66. The zero-order chi connectivity index (χ0) is 11.5. The first-order valence-electron chi connectivity index (χ1n) is 5.98. The van der Waals surface area contributed by atoms with Crippen LogP contribution in [0.4, 0.5) is 0 Å². The minimum atomic E-state index is 0.194. The molecule has 1 aromatic carbocycles. The second-order valence-electron chi connectivity index (χ2n) is 4.74. The standard InChI is InChI=1S/C14H19ClO/c1-10-4-3-5-12(8-10)9-14(15)13-6-7-16-11(13)2/h3-5,8,11,13-14H,6-7,9H2,1-2H3. The van der Waals surface area contributed by atoms with Crippen molar-refractivity contribution in [3.8, 4) is 0 Å². The molecule has 1 saturated heterocycles. The lowest BCUT2D eigenvalue weighted by molar-refractivity contribution is 0.105. The first kappa shape index (κ1) is 11.9. The summed E-state index contributed by atoms with van der Waals surface area (Å²) in [5, 5.41) is 0.194. The Morgan fingerprint density at radius 3 is 2.94 bits per heavy atom. The largest absolute Gasteiger partial charge is 0.378 e. The molecule has 1 aromatic rings. The van der Waals surface area contributed by atoms with Crippen LogP contribution in [0.2, 0.25) is 0 Å². The van der Waals surface area contributed by atoms with Gasteiger partial charge >= 0.3 is 0 Å². The lowest BCUT2D eigenvalue weighted by atomic mass is 9.93. The van der Waals surface area contributed by atoms with Crippen molar-refractivity contribution >= 4 is 11.6 Å². The molecule has 0 aliphatic carbocycles. The van der Waals surface area contributed by atoms with Crippen LogP contribution in [0.15, 0.2) is 24.3 Å². The van der Waals surface area contributed by atoms with E-state index in [1.165, 1.54) is 11.1 Å². The fourth-order valence-corrected chi connectivity index (χ4v) is 2.95. The van der Waals surface area contributed by atoms with Gasteiger partial charge < -0.3 is 4.74 Å². The van der Waals surface area contributed by atoms with Crippen molar-refractivity contribution in [2.75, 3.05) is 6.61 Å². The van der Waals surface area contributed by atoms with Gasteiger partial charge in [0.05, 0.1) is 6.10 Å². The van der Waals surface area contributed by atoms with E-state index >= 15 is 0 Å². The van der Waals surface area contributed by atoms with E-state index in [2.05, 4.69) is 38.1 Å². The van der Waals surface area contributed by atoms with Crippen molar-refractivity contribution in [1.82, 2.24) is 0 Å². The lowest BCUT2D eigenvalue weighted by Crippen LogP contribution is -2.23. The Kier molecular flexibility index (Phi) is 3.88. The van der Waals surface area contributed by atoms with Crippen LogP contribution < -0.4 is 0 Å². The Bertz CT molecular complexity index is 350. The molecule has 3 atom stereocenters. The average Bonchev–Trinajstić information content (AvgIpc) is 2.64. The summed E-state index contributed by atoms with van der Waals surface area (Å²) in [5.41, 5.74) is 2.64. The zero-order valence-corrected chi connectivity index (χ0v) is 10.7. The number of ether oxygens (including phenoxy) is 1. The highest BCUT2D eigenvalue weighted by atomic mass is 35.5. The third-order valence-corrected chi connectivity index (χ3v) is 3.89. The van der Waals surface area contributed by atoms with E-state index in [-0.39, 0.29) is 5.38 Å². The van der Waals surface area contributed by atoms with E-state index in [4.69, 9.17) is 16.3 Å². The summed E-state index contributed by atoms with van der Waals surface area (Å²) in [7, 11) is 0. The van der Waals surface area contributed by atoms with Gasteiger partial charge in [-0.15, -0.1) is 11.6 Å². The van der Waals surface area contributed by atoms with Crippen molar-refractivity contribution in [3.05, 3.63) is 35.4 Å². The van der Waals surface area contributed by atoms with Crippen LogP contribution >= 0.6 is 11.6 Å². The fourth-order valence-electron chi connectivity index (χ4n) is 2.44. The maximum atomic E-state index is 6.49. The molecule has 1 aliphatic rings. The molecule has 0 radical (unpaired) electrons. The Morgan fingerprint density at radius 1 is 1.50 bits per heavy atom. The lowest BCUT2D eigenvalue weighted by Gasteiger charge is -2.20. The smallest absolute Gasteiger partial charge is 0.0590 e. The summed E-state index contributed by atoms with van der Waals surface area (Å²) in [4.78, 5) is 0. The number of benzene rings is 1. The van der Waals surface area contributed by atoms with Crippen molar-refractivity contribution in [3.63, 3.8) is 0 Å². The van der Waals surface area contributed by atoms with Crippen LogP contribution in [0.25, 0.3) is 0 Å². The number of hydrogen-bond acceptors (Lipinski definition) is 1. The summed E-state index contributed by atoms with van der Waals surface area (Å²) in [6.07, 6.45) is 2.36. The second kappa shape index (κ2) is 5.20. The van der Waals surface area contributed by atoms with E-state index < -0.39 is 0 Å². The van der Waals surface area contributed by atoms with E-state index in [1.54, 1.807) is 0 Å². The SMILES string of the molecule is Cc1cccc(CC(Cl)C2CCOC2C)c1. The topological polar surface area (TPSA) is 9.23 Å². The molecule has 0 aromatic heterocycles. The van der Waals surface area contributed by atoms with Gasteiger partial charge in [0.1, 0.15) is 0 Å². The number of halogens is 1. The third-order valence-electron chi connectivity index (χ3n) is 3.41. The summed E-state index contributed by atoms with van der Waals surface area (Å²) >= 11 is 6.49. The van der Waals surface area contributed by atoms with Gasteiger partial charge in [-0.1, -0.05) is 29.8 Å². The van der Waals surface area contributed by atoms with Gasteiger partial charge in [-0.25, -0.2) is 0 Å². The maximum absolute atomic E-state index is 6.49. The molecule has 16 heavy (non-hydrogen) atoms. The van der Waals surface area contributed by atoms with Gasteiger partial charge in [0.15, 0.2) is 0 Å². The van der Waals surface area contributed by atoms with Crippen LogP contribution in [-0.4, -0.2) is 18.1 Å². The number of hydrogen-bond donors (Lipinski definition) is 0. The first-order valence-corrected chi connectivity index (χ1v) is 6.41. The van der Waals surface area contributed by atoms with Crippen LogP contribution in [-0.2, 0) is 11.2 Å². The molecular weight excluding hydrogens is 220 g/mol. The Balaban J connectivity index is 1.99. The molecule has 3 unspecified atom stereocenters.